The molecule has 92 valence electrons. The molecule has 0 spiro atoms. The van der Waals surface area contributed by atoms with Gasteiger partial charge in [-0.05, 0) is 18.1 Å². The van der Waals surface area contributed by atoms with E-state index in [9.17, 15) is 9.90 Å². The molecule has 0 aromatic heterocycles. The van der Waals surface area contributed by atoms with E-state index in [0.29, 0.717) is 6.42 Å². The van der Waals surface area contributed by atoms with Gasteiger partial charge in [-0.15, -0.1) is 0 Å². The number of carbonyl (C=O) groups is 1. The van der Waals surface area contributed by atoms with Crippen molar-refractivity contribution in [2.24, 2.45) is 5.73 Å². The van der Waals surface area contributed by atoms with Crippen molar-refractivity contribution in [1.82, 2.24) is 0 Å². The number of para-hydroxylation sites is 1. The molecule has 0 fully saturated rings. The Labute approximate surface area is 99.3 Å². The van der Waals surface area contributed by atoms with Crippen molar-refractivity contribution in [3.05, 3.63) is 29.8 Å². The number of carboxylic acids is 1. The van der Waals surface area contributed by atoms with Gasteiger partial charge in [-0.2, -0.15) is 0 Å². The smallest absolute Gasteiger partial charge is 0.320 e. The normalized spacial score (nSPS) is 23.9. The number of hydrogen-bond donors (Lipinski definition) is 4. The van der Waals surface area contributed by atoms with Crippen LogP contribution in [-0.4, -0.2) is 34.9 Å². The Hall–Kier alpha value is -1.59. The van der Waals surface area contributed by atoms with Gasteiger partial charge in [0.1, 0.15) is 6.04 Å². The lowest BCUT2D eigenvalue weighted by molar-refractivity contribution is -0.138. The molecule has 1 aliphatic heterocycles. The summed E-state index contributed by atoms with van der Waals surface area (Å²) in [4.78, 5) is 10.8. The standard InChI is InChI=1S/C12H16N2O3/c13-9(12(16)17)5-8-7-3-1-2-4-10(7)14-11(8)6-15/h1-4,8-9,11,14-15H,5-6,13H2,(H,16,17)/t8-,9+,11+/m1/s1. The first-order chi connectivity index (χ1) is 8.13. The highest BCUT2D eigenvalue weighted by Gasteiger charge is 2.33. The zero-order chi connectivity index (χ0) is 12.4. The van der Waals surface area contributed by atoms with Crippen LogP contribution >= 0.6 is 0 Å². The number of carboxylic acid groups (broad SMARTS) is 1. The van der Waals surface area contributed by atoms with E-state index in [0.717, 1.165) is 11.3 Å². The molecule has 5 N–H and O–H groups in total. The van der Waals surface area contributed by atoms with Crippen LogP contribution in [0.3, 0.4) is 0 Å². The summed E-state index contributed by atoms with van der Waals surface area (Å²) in [6, 6.07) is 6.61. The van der Waals surface area contributed by atoms with Crippen molar-refractivity contribution in [2.45, 2.75) is 24.4 Å². The number of benzene rings is 1. The average molecular weight is 236 g/mol. The fraction of sp³-hybridized carbons (Fsp3) is 0.417. The number of nitrogens with one attached hydrogen (secondary N) is 1. The molecule has 2 rings (SSSR count). The van der Waals surface area contributed by atoms with Crippen molar-refractivity contribution in [3.8, 4) is 0 Å². The van der Waals surface area contributed by atoms with Crippen LogP contribution in [-0.2, 0) is 4.79 Å². The van der Waals surface area contributed by atoms with Crippen LogP contribution < -0.4 is 11.1 Å². The number of anilines is 1. The van der Waals surface area contributed by atoms with Gasteiger partial charge in [0.05, 0.1) is 12.6 Å². The molecule has 0 saturated carbocycles. The molecular formula is C12H16N2O3. The van der Waals surface area contributed by atoms with Gasteiger partial charge in [-0.1, -0.05) is 18.2 Å². The molecule has 0 radical (unpaired) electrons. The first-order valence-corrected chi connectivity index (χ1v) is 5.58. The van der Waals surface area contributed by atoms with E-state index in [1.165, 1.54) is 0 Å². The number of hydrogen-bond acceptors (Lipinski definition) is 4. The zero-order valence-electron chi connectivity index (χ0n) is 9.34. The van der Waals surface area contributed by atoms with Crippen LogP contribution in [0.1, 0.15) is 17.9 Å². The monoisotopic (exact) mass is 236 g/mol. The minimum atomic E-state index is -1.01. The summed E-state index contributed by atoms with van der Waals surface area (Å²) < 4.78 is 0. The fourth-order valence-corrected chi connectivity index (χ4v) is 2.31. The van der Waals surface area contributed by atoms with Crippen LogP contribution in [0.2, 0.25) is 0 Å². The molecule has 0 aliphatic carbocycles. The number of aliphatic carboxylic acids is 1. The maximum atomic E-state index is 10.8. The van der Waals surface area contributed by atoms with E-state index in [1.54, 1.807) is 0 Å². The van der Waals surface area contributed by atoms with Crippen LogP contribution in [0, 0.1) is 0 Å². The number of fused-ring (bicyclic) bond motifs is 1. The Morgan fingerprint density at radius 3 is 2.82 bits per heavy atom. The first kappa shape index (κ1) is 11.9. The lowest BCUT2D eigenvalue weighted by atomic mass is 9.89. The third-order valence-electron chi connectivity index (χ3n) is 3.21. The van der Waals surface area contributed by atoms with Gasteiger partial charge < -0.3 is 21.3 Å². The van der Waals surface area contributed by atoms with Gasteiger partial charge in [0.25, 0.3) is 0 Å². The van der Waals surface area contributed by atoms with Crippen molar-refractivity contribution in [1.29, 1.82) is 0 Å². The highest BCUT2D eigenvalue weighted by atomic mass is 16.4. The molecule has 1 aromatic rings. The molecule has 3 atom stereocenters. The molecule has 17 heavy (non-hydrogen) atoms. The van der Waals surface area contributed by atoms with Gasteiger partial charge in [-0.25, -0.2) is 0 Å². The molecule has 0 saturated heterocycles. The van der Waals surface area contributed by atoms with Crippen LogP contribution in [0.15, 0.2) is 24.3 Å². The minimum Gasteiger partial charge on any atom is -0.480 e. The summed E-state index contributed by atoms with van der Waals surface area (Å²) >= 11 is 0. The van der Waals surface area contributed by atoms with Crippen molar-refractivity contribution in [2.75, 3.05) is 11.9 Å². The number of nitrogens with two attached hydrogens (primary N) is 1. The molecule has 0 bridgehead atoms. The third-order valence-corrected chi connectivity index (χ3v) is 3.21. The Kier molecular flexibility index (Phi) is 3.31. The predicted molar refractivity (Wildman–Crippen MR) is 63.9 cm³/mol. The second-order valence-electron chi connectivity index (χ2n) is 4.31. The molecule has 0 unspecified atom stereocenters. The number of rotatable bonds is 4. The SMILES string of the molecule is N[C@@H](C[C@@H]1c2ccccc2N[C@H]1CO)C(=O)O. The number of aliphatic hydroxyl groups is 1. The maximum Gasteiger partial charge on any atom is 0.320 e. The predicted octanol–water partition coefficient (Wildman–Crippen LogP) is 0.359. The van der Waals surface area contributed by atoms with E-state index in [-0.39, 0.29) is 18.6 Å². The van der Waals surface area contributed by atoms with Gasteiger partial charge in [-0.3, -0.25) is 4.79 Å². The summed E-state index contributed by atoms with van der Waals surface area (Å²) in [6.45, 7) is -0.0360. The lowest BCUT2D eigenvalue weighted by Crippen LogP contribution is -2.35. The molecule has 0 amide bonds. The molecule has 1 aliphatic rings. The quantitative estimate of drug-likeness (QED) is 0.605. The van der Waals surface area contributed by atoms with Crippen molar-refractivity contribution >= 4 is 11.7 Å². The second-order valence-corrected chi connectivity index (χ2v) is 4.31. The van der Waals surface area contributed by atoms with Crippen LogP contribution in [0.4, 0.5) is 5.69 Å². The molecule has 1 heterocycles. The van der Waals surface area contributed by atoms with E-state index in [1.807, 2.05) is 24.3 Å². The Morgan fingerprint density at radius 2 is 2.18 bits per heavy atom. The average Bonchev–Trinajstić information content (AvgIpc) is 2.67. The molecule has 5 heteroatoms. The Bertz CT molecular complexity index is 422. The summed E-state index contributed by atoms with van der Waals surface area (Å²) in [5, 5.41) is 21.3. The molecule has 5 nitrogen and oxygen atoms in total. The van der Waals surface area contributed by atoms with Gasteiger partial charge in [0.2, 0.25) is 0 Å². The van der Waals surface area contributed by atoms with Crippen molar-refractivity contribution in [3.63, 3.8) is 0 Å². The largest absolute Gasteiger partial charge is 0.480 e. The summed E-state index contributed by atoms with van der Waals surface area (Å²) in [7, 11) is 0. The highest BCUT2D eigenvalue weighted by Crippen LogP contribution is 2.38. The molecule has 1 aromatic carbocycles. The van der Waals surface area contributed by atoms with Crippen LogP contribution in [0.5, 0.6) is 0 Å². The minimum absolute atomic E-state index is 0.0360. The zero-order valence-corrected chi connectivity index (χ0v) is 9.34. The maximum absolute atomic E-state index is 10.8. The Balaban J connectivity index is 2.21. The second kappa shape index (κ2) is 4.73. The van der Waals surface area contributed by atoms with Crippen molar-refractivity contribution < 1.29 is 15.0 Å². The van der Waals surface area contributed by atoms with Gasteiger partial charge in [0, 0.05) is 11.6 Å². The number of aliphatic hydroxyl groups excluding tert-OH is 1. The highest BCUT2D eigenvalue weighted by molar-refractivity contribution is 5.73. The van der Waals surface area contributed by atoms with Crippen LogP contribution in [0.25, 0.3) is 0 Å². The molecular weight excluding hydrogens is 220 g/mol. The van der Waals surface area contributed by atoms with E-state index in [4.69, 9.17) is 10.8 Å². The topological polar surface area (TPSA) is 95.6 Å². The van der Waals surface area contributed by atoms with Gasteiger partial charge in [0.15, 0.2) is 0 Å². The Morgan fingerprint density at radius 1 is 1.47 bits per heavy atom. The third kappa shape index (κ3) is 2.25. The lowest BCUT2D eigenvalue weighted by Gasteiger charge is -2.20. The van der Waals surface area contributed by atoms with E-state index in [2.05, 4.69) is 5.32 Å². The first-order valence-electron chi connectivity index (χ1n) is 5.58. The van der Waals surface area contributed by atoms with E-state index < -0.39 is 12.0 Å². The summed E-state index contributed by atoms with van der Waals surface area (Å²) in [6.07, 6.45) is 0.324. The van der Waals surface area contributed by atoms with E-state index >= 15 is 0 Å². The fourth-order valence-electron chi connectivity index (χ4n) is 2.31. The van der Waals surface area contributed by atoms with Gasteiger partial charge >= 0.3 is 5.97 Å². The summed E-state index contributed by atoms with van der Waals surface area (Å²) in [5.74, 6) is -1.06. The summed E-state index contributed by atoms with van der Waals surface area (Å²) in [5.41, 5.74) is 7.55.